The molecule has 2 aliphatic heterocycles. The summed E-state index contributed by atoms with van der Waals surface area (Å²) in [5, 5.41) is 27.1. The first kappa shape index (κ1) is 37.2. The van der Waals surface area contributed by atoms with E-state index in [-0.39, 0.29) is 75.6 Å². The molecule has 2 aromatic rings. The maximum absolute atomic E-state index is 13.3. The van der Waals surface area contributed by atoms with E-state index in [4.69, 9.17) is 4.74 Å². The number of carbonyl (C=O) groups is 4. The molecule has 2 aromatic heterocycles. The summed E-state index contributed by atoms with van der Waals surface area (Å²) in [5.41, 5.74) is -1.54. The molecule has 42 heavy (non-hydrogen) atoms. The molecular formula is C21H22N6Na2O9S4. The number of fused-ring (bicyclic) bond motifs is 1. The number of aliphatic carboxylic acids is 1. The summed E-state index contributed by atoms with van der Waals surface area (Å²) >= 11 is 2.88. The van der Waals surface area contributed by atoms with Crippen molar-refractivity contribution in [3.8, 4) is 0 Å². The number of thioether (sulfide) groups is 2. The van der Waals surface area contributed by atoms with Gasteiger partial charge in [-0.15, -0.1) is 33.3 Å². The average molecular weight is 677 g/mol. The predicted octanol–water partition coefficient (Wildman–Crippen LogP) is -7.20. The SMILES string of the molecule is CC(C)(C)OC(=O)C(C(=O)NC1C(=O)N2C(C(=O)[O-])=C(C(CS(=O)(=O)[O-])Sc3nn[nH]n3)CS[C@@H]12)c1cccs1.[Na+].[Na+]. The number of ether oxygens (including phenoxy) is 1. The number of H-pyrrole nitrogens is 1. The zero-order valence-electron chi connectivity index (χ0n) is 23.1. The molecule has 2 aliphatic rings. The minimum absolute atomic E-state index is 0. The van der Waals surface area contributed by atoms with E-state index in [0.717, 1.165) is 28.0 Å². The van der Waals surface area contributed by atoms with Crippen LogP contribution in [0.25, 0.3) is 0 Å². The molecule has 2 N–H and O–H groups in total. The maximum atomic E-state index is 13.3. The summed E-state index contributed by atoms with van der Waals surface area (Å²) in [7, 11) is -4.85. The number of thiophene rings is 1. The van der Waals surface area contributed by atoms with Gasteiger partial charge >= 0.3 is 65.1 Å². The Morgan fingerprint density at radius 3 is 2.52 bits per heavy atom. The Hall–Kier alpha value is -1.00. The molecule has 1 saturated heterocycles. The number of esters is 1. The van der Waals surface area contributed by atoms with Gasteiger partial charge in [0.2, 0.25) is 11.1 Å². The number of nitrogens with zero attached hydrogens (tertiary/aromatic N) is 4. The summed E-state index contributed by atoms with van der Waals surface area (Å²) in [6.45, 7) is 4.94. The van der Waals surface area contributed by atoms with Gasteiger partial charge in [-0.25, -0.2) is 8.42 Å². The Bertz CT molecular complexity index is 1450. The number of rotatable bonds is 10. The van der Waals surface area contributed by atoms with Crippen molar-refractivity contribution in [3.05, 3.63) is 33.7 Å². The van der Waals surface area contributed by atoms with Crippen molar-refractivity contribution in [2.75, 3.05) is 11.5 Å². The van der Waals surface area contributed by atoms with Gasteiger partial charge in [-0.3, -0.25) is 19.3 Å². The molecular weight excluding hydrogens is 655 g/mol. The van der Waals surface area contributed by atoms with Crippen LogP contribution >= 0.6 is 34.9 Å². The number of carboxylic acids is 1. The number of hydrogen-bond donors (Lipinski definition) is 2. The monoisotopic (exact) mass is 676 g/mol. The van der Waals surface area contributed by atoms with Crippen LogP contribution in [0.15, 0.2) is 33.9 Å². The topological polar surface area (TPSA) is 228 Å². The molecule has 0 saturated carbocycles. The number of carbonyl (C=O) groups excluding carboxylic acids is 4. The molecule has 1 fully saturated rings. The third-order valence-electron chi connectivity index (χ3n) is 5.54. The van der Waals surface area contributed by atoms with Crippen molar-refractivity contribution in [3.63, 3.8) is 0 Å². The standard InChI is InChI=1S/C21H24N6O9S4.2Na/c1-21(2,3)36-19(32)12(10-5-4-6-37-10)15(28)22-13-16(29)27-14(18(30)31)9(7-38-17(13)27)11(8-40(33,34)35)39-20-23-25-26-24-20;;/h4-6,11-13,17H,7-8H2,1-3H3,(H,22,28)(H,30,31)(H,33,34,35)(H,23,24,25,26);;/q;2*+1/p-2/t11?,12?,13?,17-;;/m0../s1. The minimum Gasteiger partial charge on any atom is -0.748 e. The smallest absolute Gasteiger partial charge is 0.748 e. The van der Waals surface area contributed by atoms with Gasteiger partial charge in [0.15, 0.2) is 5.92 Å². The van der Waals surface area contributed by atoms with Crippen LogP contribution in [0.5, 0.6) is 0 Å². The number of carboxylic acid groups (broad SMARTS) is 1. The number of nitrogens with one attached hydrogen (secondary N) is 2. The van der Waals surface area contributed by atoms with Crippen molar-refractivity contribution < 1.29 is 101 Å². The molecule has 0 spiro atoms. The number of tetrazole rings is 1. The number of aromatic nitrogens is 4. The van der Waals surface area contributed by atoms with Gasteiger partial charge < -0.3 is 24.5 Å². The van der Waals surface area contributed by atoms with Crippen molar-refractivity contribution in [1.82, 2.24) is 30.8 Å². The van der Waals surface area contributed by atoms with E-state index in [2.05, 4.69) is 25.9 Å². The fourth-order valence-corrected chi connectivity index (χ4v) is 8.46. The molecule has 4 heterocycles. The zero-order chi connectivity index (χ0) is 29.4. The summed E-state index contributed by atoms with van der Waals surface area (Å²) < 4.78 is 40.2. The molecule has 3 unspecified atom stereocenters. The van der Waals surface area contributed by atoms with Gasteiger partial charge in [-0.2, -0.15) is 5.21 Å². The zero-order valence-corrected chi connectivity index (χ0v) is 30.3. The molecule has 4 atom stereocenters. The molecule has 4 rings (SSSR count). The van der Waals surface area contributed by atoms with Crippen LogP contribution in [0.3, 0.4) is 0 Å². The first-order valence-electron chi connectivity index (χ1n) is 11.5. The number of hydrogen-bond acceptors (Lipinski definition) is 15. The van der Waals surface area contributed by atoms with Crippen molar-refractivity contribution in [1.29, 1.82) is 0 Å². The van der Waals surface area contributed by atoms with Crippen molar-refractivity contribution >= 4 is 68.7 Å². The van der Waals surface area contributed by atoms with Crippen LogP contribution in [-0.4, -0.2) is 96.0 Å². The second-order valence-electron chi connectivity index (χ2n) is 9.56. The van der Waals surface area contributed by atoms with E-state index in [1.54, 1.807) is 38.3 Å². The van der Waals surface area contributed by atoms with E-state index < -0.39 is 73.5 Å². The summed E-state index contributed by atoms with van der Waals surface area (Å²) in [6.07, 6.45) is 0. The molecule has 0 aliphatic carbocycles. The van der Waals surface area contributed by atoms with Gasteiger partial charge in [0, 0.05) is 15.9 Å². The molecule has 216 valence electrons. The number of aromatic amines is 1. The predicted molar refractivity (Wildman–Crippen MR) is 138 cm³/mol. The number of β-lactam (4-membered cyclic amide) rings is 1. The third kappa shape index (κ3) is 8.80. The normalized spacial score (nSPS) is 19.8. The molecule has 0 radical (unpaired) electrons. The van der Waals surface area contributed by atoms with Crippen LogP contribution in [0, 0.1) is 0 Å². The Kier molecular flexibility index (Phi) is 13.2. The molecule has 0 aromatic carbocycles. The molecule has 15 nitrogen and oxygen atoms in total. The molecule has 21 heteroatoms. The van der Waals surface area contributed by atoms with E-state index in [1.807, 2.05) is 0 Å². The quantitative estimate of drug-likeness (QED) is 0.0596. The fourth-order valence-electron chi connectivity index (χ4n) is 4.00. The minimum atomic E-state index is -4.85. The van der Waals surface area contributed by atoms with E-state index >= 15 is 0 Å². The Morgan fingerprint density at radius 1 is 1.31 bits per heavy atom. The molecule has 0 bridgehead atoms. The van der Waals surface area contributed by atoms with Gasteiger partial charge in [0.1, 0.15) is 17.0 Å². The number of amides is 2. The van der Waals surface area contributed by atoms with Crippen LogP contribution < -0.4 is 69.5 Å². The van der Waals surface area contributed by atoms with Crippen LogP contribution in [0.4, 0.5) is 0 Å². The Balaban J connectivity index is 0.00000308. The molecule has 2 amide bonds. The fraction of sp³-hybridized carbons (Fsp3) is 0.476. The Labute approximate surface area is 297 Å². The Morgan fingerprint density at radius 2 is 2.00 bits per heavy atom. The van der Waals surface area contributed by atoms with Crippen LogP contribution in [-0.2, 0) is 34.0 Å². The van der Waals surface area contributed by atoms with Gasteiger partial charge in [0.25, 0.3) is 5.91 Å². The van der Waals surface area contributed by atoms with Crippen molar-refractivity contribution in [2.24, 2.45) is 0 Å². The largest absolute Gasteiger partial charge is 1.00 e. The van der Waals surface area contributed by atoms with E-state index in [9.17, 15) is 37.3 Å². The van der Waals surface area contributed by atoms with E-state index in [1.165, 1.54) is 0 Å². The van der Waals surface area contributed by atoms with Crippen LogP contribution in [0.1, 0.15) is 31.6 Å². The van der Waals surface area contributed by atoms with Gasteiger partial charge in [-0.1, -0.05) is 17.8 Å². The summed E-state index contributed by atoms with van der Waals surface area (Å²) in [6, 6.07) is 2.05. The second kappa shape index (κ2) is 14.9. The van der Waals surface area contributed by atoms with E-state index in [0.29, 0.717) is 16.6 Å². The van der Waals surface area contributed by atoms with Crippen LogP contribution in [0.2, 0.25) is 0 Å². The third-order valence-corrected chi connectivity index (χ3v) is 9.85. The second-order valence-corrected chi connectivity index (χ2v) is 14.3. The summed E-state index contributed by atoms with van der Waals surface area (Å²) in [4.78, 5) is 52.8. The average Bonchev–Trinajstić information content (AvgIpc) is 3.54. The first-order chi connectivity index (χ1) is 18.7. The van der Waals surface area contributed by atoms with Gasteiger partial charge in [-0.05, 0) is 43.0 Å². The van der Waals surface area contributed by atoms with Gasteiger partial charge in [0.05, 0.1) is 27.5 Å². The first-order valence-corrected chi connectivity index (χ1v) is 15.8. The van der Waals surface area contributed by atoms with Crippen molar-refractivity contribution in [2.45, 2.75) is 54.1 Å². The maximum Gasteiger partial charge on any atom is 1.00 e. The summed E-state index contributed by atoms with van der Waals surface area (Å²) in [5.74, 6) is -6.69.